The number of ether oxygens (including phenoxy) is 2. The molecule has 0 bridgehead atoms. The first-order valence-electron chi connectivity index (χ1n) is 10.5. The lowest BCUT2D eigenvalue weighted by atomic mass is 10.0. The van der Waals surface area contributed by atoms with Crippen LogP contribution in [0.1, 0.15) is 36.8 Å². The van der Waals surface area contributed by atoms with Crippen LogP contribution in [0.3, 0.4) is 0 Å². The Morgan fingerprint density at radius 2 is 1.72 bits per heavy atom. The molecule has 29 heavy (non-hydrogen) atoms. The Morgan fingerprint density at radius 1 is 1.03 bits per heavy atom. The van der Waals surface area contributed by atoms with E-state index >= 15 is 0 Å². The predicted molar refractivity (Wildman–Crippen MR) is 115 cm³/mol. The van der Waals surface area contributed by atoms with Crippen molar-refractivity contribution < 1.29 is 14.3 Å². The van der Waals surface area contributed by atoms with Gasteiger partial charge in [0.05, 0.1) is 7.11 Å². The highest BCUT2D eigenvalue weighted by Crippen LogP contribution is 2.16. The summed E-state index contributed by atoms with van der Waals surface area (Å²) in [6.45, 7) is 4.58. The molecule has 2 aromatic carbocycles. The maximum atomic E-state index is 11.2. The number of hydrogen-bond donors (Lipinski definition) is 1. The van der Waals surface area contributed by atoms with E-state index in [2.05, 4.69) is 34.5 Å². The fourth-order valence-corrected chi connectivity index (χ4v) is 3.71. The molecule has 1 N–H and O–H groups in total. The summed E-state index contributed by atoms with van der Waals surface area (Å²) in [6, 6.07) is 19.0. The molecule has 0 radical (unpaired) electrons. The molecule has 0 aromatic heterocycles. The van der Waals surface area contributed by atoms with Gasteiger partial charge in [-0.1, -0.05) is 42.5 Å². The second-order valence-electron chi connectivity index (χ2n) is 7.55. The van der Waals surface area contributed by atoms with Crippen LogP contribution in [0.2, 0.25) is 0 Å². The molecule has 1 heterocycles. The van der Waals surface area contributed by atoms with Crippen molar-refractivity contribution in [2.24, 2.45) is 0 Å². The molecule has 5 nitrogen and oxygen atoms in total. The van der Waals surface area contributed by atoms with Crippen molar-refractivity contribution in [3.8, 4) is 5.75 Å². The molecule has 0 saturated carbocycles. The number of hydrogen-bond acceptors (Lipinski definition) is 5. The number of methoxy groups -OCH3 is 1. The van der Waals surface area contributed by atoms with E-state index in [-0.39, 0.29) is 5.97 Å². The third-order valence-corrected chi connectivity index (χ3v) is 5.51. The number of esters is 1. The standard InChI is InChI=1S/C24H32N2O3/c1-28-24(27)12-7-15-26-16-13-22(14-17-26)25-18-20-8-5-6-9-21(20)19-29-23-10-3-2-4-11-23/h2-6,8-11,22,25H,7,12-19H2,1H3. The molecular weight excluding hydrogens is 364 g/mol. The predicted octanol–water partition coefficient (Wildman–Crippen LogP) is 3.77. The molecule has 0 unspecified atom stereocenters. The molecule has 0 amide bonds. The molecule has 3 rings (SSSR count). The van der Waals surface area contributed by atoms with Crippen molar-refractivity contribution in [1.29, 1.82) is 0 Å². The quantitative estimate of drug-likeness (QED) is 0.620. The number of nitrogens with zero attached hydrogens (tertiary/aromatic N) is 1. The van der Waals surface area contributed by atoms with E-state index in [1.54, 1.807) is 0 Å². The Bertz CT molecular complexity index is 743. The Morgan fingerprint density at radius 3 is 2.45 bits per heavy atom. The number of nitrogens with one attached hydrogen (secondary N) is 1. The van der Waals surface area contributed by atoms with Gasteiger partial charge < -0.3 is 19.7 Å². The van der Waals surface area contributed by atoms with Gasteiger partial charge in [-0.25, -0.2) is 0 Å². The lowest BCUT2D eigenvalue weighted by Crippen LogP contribution is -2.42. The van der Waals surface area contributed by atoms with Crippen LogP contribution in [0.4, 0.5) is 0 Å². The summed E-state index contributed by atoms with van der Waals surface area (Å²) in [6.07, 6.45) is 3.66. The normalized spacial score (nSPS) is 15.2. The summed E-state index contributed by atoms with van der Waals surface area (Å²) < 4.78 is 10.6. The van der Waals surface area contributed by atoms with E-state index in [1.807, 2.05) is 30.3 Å². The van der Waals surface area contributed by atoms with Gasteiger partial charge in [-0.05, 0) is 62.2 Å². The van der Waals surface area contributed by atoms with Crippen molar-refractivity contribution in [3.63, 3.8) is 0 Å². The fourth-order valence-electron chi connectivity index (χ4n) is 3.71. The smallest absolute Gasteiger partial charge is 0.305 e. The number of rotatable bonds is 10. The highest BCUT2D eigenvalue weighted by Gasteiger charge is 2.19. The van der Waals surface area contributed by atoms with Crippen molar-refractivity contribution in [3.05, 3.63) is 65.7 Å². The summed E-state index contributed by atoms with van der Waals surface area (Å²) in [5, 5.41) is 3.72. The summed E-state index contributed by atoms with van der Waals surface area (Å²) >= 11 is 0. The number of likely N-dealkylation sites (tertiary alicyclic amines) is 1. The van der Waals surface area contributed by atoms with Crippen molar-refractivity contribution in [2.45, 2.75) is 44.9 Å². The maximum Gasteiger partial charge on any atom is 0.305 e. The number of carbonyl (C=O) groups is 1. The van der Waals surface area contributed by atoms with Gasteiger partial charge in [0, 0.05) is 19.0 Å². The molecule has 2 aromatic rings. The summed E-state index contributed by atoms with van der Waals surface area (Å²) in [5.41, 5.74) is 2.52. The number of piperidine rings is 1. The van der Waals surface area contributed by atoms with Gasteiger partial charge in [0.15, 0.2) is 0 Å². The first-order valence-corrected chi connectivity index (χ1v) is 10.5. The van der Waals surface area contributed by atoms with Crippen molar-refractivity contribution >= 4 is 5.97 Å². The van der Waals surface area contributed by atoms with Gasteiger partial charge in [-0.3, -0.25) is 4.79 Å². The Balaban J connectivity index is 1.40. The Labute approximate surface area is 174 Å². The van der Waals surface area contributed by atoms with Crippen molar-refractivity contribution in [1.82, 2.24) is 10.2 Å². The molecule has 0 aliphatic carbocycles. The number of para-hydroxylation sites is 1. The average molecular weight is 397 g/mol. The van der Waals surface area contributed by atoms with E-state index in [1.165, 1.54) is 18.2 Å². The minimum Gasteiger partial charge on any atom is -0.489 e. The molecule has 156 valence electrons. The zero-order chi connectivity index (χ0) is 20.3. The van der Waals surface area contributed by atoms with Crippen LogP contribution < -0.4 is 10.1 Å². The molecule has 5 heteroatoms. The molecule has 0 spiro atoms. The van der Waals surface area contributed by atoms with E-state index in [4.69, 9.17) is 9.47 Å². The first-order chi connectivity index (χ1) is 14.2. The van der Waals surface area contributed by atoms with Crippen LogP contribution >= 0.6 is 0 Å². The van der Waals surface area contributed by atoms with E-state index in [9.17, 15) is 4.79 Å². The minimum absolute atomic E-state index is 0.114. The highest BCUT2D eigenvalue weighted by atomic mass is 16.5. The van der Waals surface area contributed by atoms with E-state index < -0.39 is 0 Å². The van der Waals surface area contributed by atoms with Crippen LogP contribution in [-0.4, -0.2) is 43.7 Å². The molecule has 0 atom stereocenters. The number of benzene rings is 2. The van der Waals surface area contributed by atoms with E-state index in [0.29, 0.717) is 19.1 Å². The third kappa shape index (κ3) is 7.18. The second-order valence-corrected chi connectivity index (χ2v) is 7.55. The molecule has 1 fully saturated rings. The van der Waals surface area contributed by atoms with Crippen LogP contribution in [0.5, 0.6) is 5.75 Å². The third-order valence-electron chi connectivity index (χ3n) is 5.51. The summed E-state index contributed by atoms with van der Waals surface area (Å²) in [7, 11) is 1.45. The molecular formula is C24H32N2O3. The largest absolute Gasteiger partial charge is 0.489 e. The summed E-state index contributed by atoms with van der Waals surface area (Å²) in [4.78, 5) is 13.7. The molecule has 1 aliphatic rings. The van der Waals surface area contributed by atoms with Gasteiger partial charge in [0.1, 0.15) is 12.4 Å². The Hall–Kier alpha value is -2.37. The lowest BCUT2D eigenvalue weighted by molar-refractivity contribution is -0.140. The van der Waals surface area contributed by atoms with Crippen LogP contribution in [-0.2, 0) is 22.7 Å². The van der Waals surface area contributed by atoms with Gasteiger partial charge in [-0.2, -0.15) is 0 Å². The van der Waals surface area contributed by atoms with Crippen LogP contribution in [0.15, 0.2) is 54.6 Å². The topological polar surface area (TPSA) is 50.8 Å². The second kappa shape index (κ2) is 11.6. The van der Waals surface area contributed by atoms with Crippen LogP contribution in [0.25, 0.3) is 0 Å². The molecule has 1 saturated heterocycles. The zero-order valence-electron chi connectivity index (χ0n) is 17.3. The highest BCUT2D eigenvalue weighted by molar-refractivity contribution is 5.69. The van der Waals surface area contributed by atoms with E-state index in [0.717, 1.165) is 51.2 Å². The number of carbonyl (C=O) groups excluding carboxylic acids is 1. The van der Waals surface area contributed by atoms with Gasteiger partial charge >= 0.3 is 5.97 Å². The average Bonchev–Trinajstić information content (AvgIpc) is 2.78. The SMILES string of the molecule is COC(=O)CCCN1CCC(NCc2ccccc2COc2ccccc2)CC1. The first kappa shape index (κ1) is 21.3. The zero-order valence-corrected chi connectivity index (χ0v) is 17.3. The van der Waals surface area contributed by atoms with Gasteiger partial charge in [0.25, 0.3) is 0 Å². The van der Waals surface area contributed by atoms with Crippen molar-refractivity contribution in [2.75, 3.05) is 26.7 Å². The molecule has 1 aliphatic heterocycles. The minimum atomic E-state index is -0.114. The van der Waals surface area contributed by atoms with Crippen LogP contribution in [0, 0.1) is 0 Å². The van der Waals surface area contributed by atoms with Gasteiger partial charge in [-0.15, -0.1) is 0 Å². The monoisotopic (exact) mass is 396 g/mol. The lowest BCUT2D eigenvalue weighted by Gasteiger charge is -2.32. The fraction of sp³-hybridized carbons (Fsp3) is 0.458. The maximum absolute atomic E-state index is 11.2. The Kier molecular flexibility index (Phi) is 8.53. The summed E-state index contributed by atoms with van der Waals surface area (Å²) in [5.74, 6) is 0.784. The van der Waals surface area contributed by atoms with Gasteiger partial charge in [0.2, 0.25) is 0 Å².